The third-order valence-electron chi connectivity index (χ3n) is 3.40. The number of nitrogens with one attached hydrogen (secondary N) is 2. The number of hydrogen-bond acceptors (Lipinski definition) is 4. The number of halogens is 1. The molecule has 8 heteroatoms. The summed E-state index contributed by atoms with van der Waals surface area (Å²) in [5.74, 6) is 1.79. The number of benzene rings is 1. The highest BCUT2D eigenvalue weighted by molar-refractivity contribution is 6.31. The average Bonchev–Trinajstić information content (AvgIpc) is 2.97. The summed E-state index contributed by atoms with van der Waals surface area (Å²) in [5.41, 5.74) is 1.54. The highest BCUT2D eigenvalue weighted by Gasteiger charge is 2.08. The van der Waals surface area contributed by atoms with Gasteiger partial charge in [-0.15, -0.1) is 0 Å². The zero-order chi connectivity index (χ0) is 17.1. The lowest BCUT2D eigenvalue weighted by atomic mass is 10.2. The Balaban J connectivity index is 1.72. The molecule has 2 N–H and O–H groups in total. The number of amides is 2. The van der Waals surface area contributed by atoms with Crippen LogP contribution in [0.1, 0.15) is 11.4 Å². The minimum absolute atomic E-state index is 0.379. The SMILES string of the molecule is Cc1ccc(NC(=O)Nc2cc(-n3ccnc3C)ncn2)cc1Cl. The topological polar surface area (TPSA) is 84.7 Å². The quantitative estimate of drug-likeness (QED) is 0.762. The molecule has 24 heavy (non-hydrogen) atoms. The molecule has 3 aromatic rings. The number of carbonyl (C=O) groups is 1. The number of urea groups is 1. The van der Waals surface area contributed by atoms with Gasteiger partial charge in [-0.3, -0.25) is 9.88 Å². The second kappa shape index (κ2) is 6.67. The van der Waals surface area contributed by atoms with Crippen molar-refractivity contribution >= 4 is 29.1 Å². The maximum atomic E-state index is 12.1. The van der Waals surface area contributed by atoms with Crippen LogP contribution in [0.15, 0.2) is 43.0 Å². The lowest BCUT2D eigenvalue weighted by Crippen LogP contribution is -2.20. The minimum atomic E-state index is -0.415. The summed E-state index contributed by atoms with van der Waals surface area (Å²) in [5, 5.41) is 5.97. The maximum Gasteiger partial charge on any atom is 0.324 e. The molecule has 2 amide bonds. The van der Waals surface area contributed by atoms with Crippen LogP contribution in [0.2, 0.25) is 5.02 Å². The summed E-state index contributed by atoms with van der Waals surface area (Å²) in [6.07, 6.45) is 4.85. The van der Waals surface area contributed by atoms with Gasteiger partial charge in [-0.25, -0.2) is 19.7 Å². The smallest absolute Gasteiger partial charge is 0.308 e. The molecule has 0 saturated carbocycles. The number of imidazole rings is 1. The molecule has 0 unspecified atom stereocenters. The van der Waals surface area contributed by atoms with Gasteiger partial charge in [0, 0.05) is 29.2 Å². The van der Waals surface area contributed by atoms with Crippen LogP contribution in [0.4, 0.5) is 16.3 Å². The van der Waals surface area contributed by atoms with Crippen molar-refractivity contribution in [1.82, 2.24) is 19.5 Å². The summed E-state index contributed by atoms with van der Waals surface area (Å²) in [4.78, 5) is 24.5. The summed E-state index contributed by atoms with van der Waals surface area (Å²) >= 11 is 6.05. The van der Waals surface area contributed by atoms with E-state index in [4.69, 9.17) is 11.6 Å². The third kappa shape index (κ3) is 3.52. The van der Waals surface area contributed by atoms with Gasteiger partial charge >= 0.3 is 6.03 Å². The van der Waals surface area contributed by atoms with E-state index in [1.165, 1.54) is 6.33 Å². The van der Waals surface area contributed by atoms with Crippen LogP contribution >= 0.6 is 11.6 Å². The lowest BCUT2D eigenvalue weighted by Gasteiger charge is -2.09. The minimum Gasteiger partial charge on any atom is -0.308 e. The predicted octanol–water partition coefficient (Wildman–Crippen LogP) is 3.58. The van der Waals surface area contributed by atoms with Crippen LogP contribution in [0.5, 0.6) is 0 Å². The van der Waals surface area contributed by atoms with Gasteiger partial charge in [0.15, 0.2) is 0 Å². The highest BCUT2D eigenvalue weighted by atomic mass is 35.5. The Bertz CT molecular complexity index is 892. The van der Waals surface area contributed by atoms with Crippen LogP contribution in [0.3, 0.4) is 0 Å². The normalized spacial score (nSPS) is 10.5. The Hall–Kier alpha value is -2.93. The summed E-state index contributed by atoms with van der Waals surface area (Å²) < 4.78 is 1.80. The number of nitrogens with zero attached hydrogens (tertiary/aromatic N) is 4. The standard InChI is InChI=1S/C16H15ClN6O/c1-10-3-4-12(7-13(10)17)21-16(24)22-14-8-15(20-9-19-14)23-6-5-18-11(23)2/h3-9H,1-2H3,(H2,19,20,21,22,24). The first-order chi connectivity index (χ1) is 11.5. The fraction of sp³-hybridized carbons (Fsp3) is 0.125. The van der Waals surface area contributed by atoms with Gasteiger partial charge in [0.2, 0.25) is 0 Å². The van der Waals surface area contributed by atoms with Gasteiger partial charge in [0.25, 0.3) is 0 Å². The second-order valence-corrected chi connectivity index (χ2v) is 5.56. The Morgan fingerprint density at radius 3 is 2.67 bits per heavy atom. The number of carbonyl (C=O) groups excluding carboxylic acids is 1. The molecular formula is C16H15ClN6O. The maximum absolute atomic E-state index is 12.1. The molecule has 0 bridgehead atoms. The fourth-order valence-electron chi connectivity index (χ4n) is 2.12. The monoisotopic (exact) mass is 342 g/mol. The number of aromatic nitrogens is 4. The van der Waals surface area contributed by atoms with Gasteiger partial charge in [-0.1, -0.05) is 17.7 Å². The number of aryl methyl sites for hydroxylation is 2. The highest BCUT2D eigenvalue weighted by Crippen LogP contribution is 2.20. The molecule has 122 valence electrons. The van der Waals surface area contributed by atoms with Crippen molar-refractivity contribution in [1.29, 1.82) is 0 Å². The van der Waals surface area contributed by atoms with E-state index < -0.39 is 6.03 Å². The Morgan fingerprint density at radius 2 is 1.96 bits per heavy atom. The van der Waals surface area contributed by atoms with E-state index in [1.807, 2.05) is 19.9 Å². The van der Waals surface area contributed by atoms with E-state index in [2.05, 4.69) is 25.6 Å². The third-order valence-corrected chi connectivity index (χ3v) is 3.80. The van der Waals surface area contributed by atoms with E-state index in [9.17, 15) is 4.79 Å². The number of anilines is 2. The van der Waals surface area contributed by atoms with E-state index in [-0.39, 0.29) is 0 Å². The first-order valence-electron chi connectivity index (χ1n) is 7.19. The van der Waals surface area contributed by atoms with E-state index in [0.717, 1.165) is 11.4 Å². The molecule has 0 saturated heterocycles. The molecule has 0 radical (unpaired) electrons. The Kier molecular flexibility index (Phi) is 4.43. The lowest BCUT2D eigenvalue weighted by molar-refractivity contribution is 0.262. The van der Waals surface area contributed by atoms with Crippen molar-refractivity contribution in [3.05, 3.63) is 59.4 Å². The number of rotatable bonds is 3. The molecule has 0 atom stereocenters. The Labute approximate surface area is 143 Å². The summed E-state index contributed by atoms with van der Waals surface area (Å²) in [6.45, 7) is 3.76. The van der Waals surface area contributed by atoms with Crippen LogP contribution in [0.25, 0.3) is 5.82 Å². The molecular weight excluding hydrogens is 328 g/mol. The average molecular weight is 343 g/mol. The molecule has 0 aliphatic rings. The van der Waals surface area contributed by atoms with Gasteiger partial charge in [-0.05, 0) is 31.5 Å². The van der Waals surface area contributed by atoms with Crippen molar-refractivity contribution in [2.75, 3.05) is 10.6 Å². The van der Waals surface area contributed by atoms with Crippen LogP contribution in [-0.2, 0) is 0 Å². The summed E-state index contributed by atoms with van der Waals surface area (Å²) in [6, 6.07) is 6.55. The molecule has 0 aliphatic carbocycles. The molecule has 2 aromatic heterocycles. The van der Waals surface area contributed by atoms with Crippen molar-refractivity contribution in [3.63, 3.8) is 0 Å². The molecule has 0 spiro atoms. The zero-order valence-corrected chi connectivity index (χ0v) is 13.9. The fourth-order valence-corrected chi connectivity index (χ4v) is 2.30. The van der Waals surface area contributed by atoms with Crippen molar-refractivity contribution < 1.29 is 4.79 Å². The van der Waals surface area contributed by atoms with Crippen LogP contribution < -0.4 is 10.6 Å². The molecule has 3 rings (SSSR count). The molecule has 7 nitrogen and oxygen atoms in total. The van der Waals surface area contributed by atoms with Gasteiger partial charge in [-0.2, -0.15) is 0 Å². The van der Waals surface area contributed by atoms with Crippen molar-refractivity contribution in [3.8, 4) is 5.82 Å². The largest absolute Gasteiger partial charge is 0.324 e. The molecule has 0 aliphatic heterocycles. The van der Waals surface area contributed by atoms with Gasteiger partial charge in [0.05, 0.1) is 0 Å². The second-order valence-electron chi connectivity index (χ2n) is 5.15. The van der Waals surface area contributed by atoms with Crippen molar-refractivity contribution in [2.45, 2.75) is 13.8 Å². The van der Waals surface area contributed by atoms with Crippen LogP contribution in [0, 0.1) is 13.8 Å². The summed E-state index contributed by atoms with van der Waals surface area (Å²) in [7, 11) is 0. The number of hydrogen-bond donors (Lipinski definition) is 2. The van der Waals surface area contributed by atoms with Gasteiger partial charge in [0.1, 0.15) is 23.8 Å². The molecule has 0 fully saturated rings. The first-order valence-corrected chi connectivity index (χ1v) is 7.57. The van der Waals surface area contributed by atoms with Crippen molar-refractivity contribution in [2.24, 2.45) is 0 Å². The van der Waals surface area contributed by atoms with E-state index >= 15 is 0 Å². The van der Waals surface area contributed by atoms with Gasteiger partial charge < -0.3 is 5.32 Å². The molecule has 1 aromatic carbocycles. The van der Waals surface area contributed by atoms with E-state index in [1.54, 1.807) is 35.2 Å². The zero-order valence-electron chi connectivity index (χ0n) is 13.1. The Morgan fingerprint density at radius 1 is 1.12 bits per heavy atom. The molecule has 2 heterocycles. The predicted molar refractivity (Wildman–Crippen MR) is 92.7 cm³/mol. The van der Waals surface area contributed by atoms with E-state index in [0.29, 0.717) is 22.3 Å². The first kappa shape index (κ1) is 15.9. The van der Waals surface area contributed by atoms with Crippen LogP contribution in [-0.4, -0.2) is 25.6 Å².